The summed E-state index contributed by atoms with van der Waals surface area (Å²) in [5.41, 5.74) is 2.55. The zero-order chi connectivity index (χ0) is 20.2. The number of aliphatic imine (C=N–C) groups is 1. The first-order valence-electron chi connectivity index (χ1n) is 9.86. The van der Waals surface area contributed by atoms with E-state index in [0.29, 0.717) is 17.7 Å². The summed E-state index contributed by atoms with van der Waals surface area (Å²) in [6, 6.07) is 15.2. The maximum Gasteiger partial charge on any atom is 0.199 e. The number of fused-ring (bicyclic) bond motifs is 1. The fourth-order valence-electron chi connectivity index (χ4n) is 3.86. The number of aliphatic hydroxyl groups is 1. The van der Waals surface area contributed by atoms with Crippen LogP contribution in [0.15, 0.2) is 59.1 Å². The topological polar surface area (TPSA) is 65.4 Å². The van der Waals surface area contributed by atoms with Gasteiger partial charge >= 0.3 is 0 Å². The molecule has 0 atom stereocenters. The first-order valence-corrected chi connectivity index (χ1v) is 9.86. The molecule has 1 heterocycles. The van der Waals surface area contributed by atoms with Crippen molar-refractivity contribution < 1.29 is 14.6 Å². The molecule has 1 fully saturated rings. The summed E-state index contributed by atoms with van der Waals surface area (Å²) in [4.78, 5) is 21.5. The Kier molecular flexibility index (Phi) is 7.13. The predicted molar refractivity (Wildman–Crippen MR) is 123 cm³/mol. The molecule has 2 aliphatic rings. The molecule has 0 amide bonds. The summed E-state index contributed by atoms with van der Waals surface area (Å²) < 4.78 is 5.47. The second kappa shape index (κ2) is 9.78. The number of methoxy groups -OCH3 is 1. The number of piperazine rings is 1. The molecule has 0 saturated carbocycles. The molecule has 158 valence electrons. The van der Waals surface area contributed by atoms with Gasteiger partial charge in [-0.25, -0.2) is 0 Å². The van der Waals surface area contributed by atoms with Gasteiger partial charge < -0.3 is 14.7 Å². The van der Waals surface area contributed by atoms with E-state index in [1.165, 1.54) is 6.21 Å². The number of nitrogens with zero attached hydrogens (tertiary/aromatic N) is 3. The summed E-state index contributed by atoms with van der Waals surface area (Å²) >= 11 is 0. The third-order valence-electron chi connectivity index (χ3n) is 5.49. The van der Waals surface area contributed by atoms with Crippen molar-refractivity contribution in [3.8, 4) is 5.75 Å². The van der Waals surface area contributed by atoms with E-state index in [2.05, 4.69) is 20.9 Å². The number of para-hydroxylation sites is 2. The number of ketones is 1. The van der Waals surface area contributed by atoms with Gasteiger partial charge in [-0.2, -0.15) is 0 Å². The molecule has 4 rings (SSSR count). The molecule has 0 bridgehead atoms. The highest BCUT2D eigenvalue weighted by atomic mass is 35.5. The Hall–Kier alpha value is -2.83. The van der Waals surface area contributed by atoms with E-state index in [1.54, 1.807) is 25.3 Å². The molecule has 2 aromatic carbocycles. The first kappa shape index (κ1) is 21.9. The van der Waals surface area contributed by atoms with Crippen LogP contribution in [0.5, 0.6) is 5.75 Å². The average molecular weight is 428 g/mol. The maximum atomic E-state index is 12.4. The van der Waals surface area contributed by atoms with Crippen molar-refractivity contribution in [2.45, 2.75) is 0 Å². The lowest BCUT2D eigenvalue weighted by molar-refractivity contribution is 0.104. The molecule has 0 unspecified atom stereocenters. The van der Waals surface area contributed by atoms with E-state index in [1.807, 2.05) is 24.3 Å². The quantitative estimate of drug-likeness (QED) is 0.715. The maximum absolute atomic E-state index is 12.4. The van der Waals surface area contributed by atoms with Crippen LogP contribution in [-0.4, -0.2) is 68.4 Å². The van der Waals surface area contributed by atoms with E-state index in [-0.39, 0.29) is 29.5 Å². The Morgan fingerprint density at radius 1 is 1.03 bits per heavy atom. The molecule has 2 aromatic rings. The number of hydrogen-bond acceptors (Lipinski definition) is 6. The van der Waals surface area contributed by atoms with Crippen LogP contribution >= 0.6 is 12.4 Å². The highest BCUT2D eigenvalue weighted by molar-refractivity contribution is 6.30. The van der Waals surface area contributed by atoms with Crippen molar-refractivity contribution in [1.82, 2.24) is 4.90 Å². The van der Waals surface area contributed by atoms with Crippen LogP contribution < -0.4 is 9.64 Å². The number of halogens is 1. The van der Waals surface area contributed by atoms with E-state index in [9.17, 15) is 9.90 Å². The number of allylic oxidation sites excluding steroid dienone is 1. The third-order valence-corrected chi connectivity index (χ3v) is 5.49. The molecule has 30 heavy (non-hydrogen) atoms. The first-order chi connectivity index (χ1) is 14.2. The Balaban J connectivity index is 0.00000256. The molecule has 1 saturated heterocycles. The van der Waals surface area contributed by atoms with Gasteiger partial charge in [0, 0.05) is 50.1 Å². The van der Waals surface area contributed by atoms with E-state index >= 15 is 0 Å². The fourth-order valence-corrected chi connectivity index (χ4v) is 3.86. The lowest BCUT2D eigenvalue weighted by atomic mass is 10.1. The van der Waals surface area contributed by atoms with Gasteiger partial charge in [0.2, 0.25) is 0 Å². The van der Waals surface area contributed by atoms with Gasteiger partial charge in [0.15, 0.2) is 5.78 Å². The second-order valence-electron chi connectivity index (χ2n) is 7.17. The summed E-state index contributed by atoms with van der Waals surface area (Å²) in [6.07, 6.45) is 1.52. The van der Waals surface area contributed by atoms with Crippen LogP contribution in [-0.2, 0) is 0 Å². The van der Waals surface area contributed by atoms with Gasteiger partial charge in [0.25, 0.3) is 0 Å². The Morgan fingerprint density at radius 2 is 1.70 bits per heavy atom. The number of ether oxygens (including phenoxy) is 1. The number of carbonyl (C=O) groups excluding carboxylic acids is 1. The van der Waals surface area contributed by atoms with Gasteiger partial charge in [0.1, 0.15) is 11.5 Å². The van der Waals surface area contributed by atoms with Crippen molar-refractivity contribution in [2.75, 3.05) is 51.3 Å². The van der Waals surface area contributed by atoms with E-state index in [4.69, 9.17) is 4.74 Å². The van der Waals surface area contributed by atoms with Crippen molar-refractivity contribution >= 4 is 35.9 Å². The summed E-state index contributed by atoms with van der Waals surface area (Å²) in [6.45, 7) is 5.19. The van der Waals surface area contributed by atoms with Crippen molar-refractivity contribution in [2.24, 2.45) is 4.99 Å². The van der Waals surface area contributed by atoms with Crippen LogP contribution in [0.1, 0.15) is 15.9 Å². The molecular formula is C23H26ClN3O3. The van der Waals surface area contributed by atoms with Crippen LogP contribution in [0.4, 0.5) is 5.69 Å². The SMILES string of the molecule is COc1ccccc1N1CCN(CCN=CC2=C(O)c3ccccc3C2=O)CC1.Cl. The lowest BCUT2D eigenvalue weighted by Gasteiger charge is -2.36. The molecule has 1 aliphatic carbocycles. The predicted octanol–water partition coefficient (Wildman–Crippen LogP) is 3.48. The van der Waals surface area contributed by atoms with Crippen LogP contribution in [0.3, 0.4) is 0 Å². The van der Waals surface area contributed by atoms with Gasteiger partial charge in [-0.3, -0.25) is 14.7 Å². The van der Waals surface area contributed by atoms with Crippen molar-refractivity contribution in [3.63, 3.8) is 0 Å². The average Bonchev–Trinajstić information content (AvgIpc) is 3.02. The molecule has 0 spiro atoms. The minimum atomic E-state index is -0.160. The van der Waals surface area contributed by atoms with E-state index in [0.717, 1.165) is 44.2 Å². The van der Waals surface area contributed by atoms with Crippen molar-refractivity contribution in [1.29, 1.82) is 0 Å². The van der Waals surface area contributed by atoms with Gasteiger partial charge in [-0.15, -0.1) is 12.4 Å². The Morgan fingerprint density at radius 3 is 2.40 bits per heavy atom. The summed E-state index contributed by atoms with van der Waals surface area (Å²) in [5, 5.41) is 10.3. The largest absolute Gasteiger partial charge is 0.506 e. The zero-order valence-corrected chi connectivity index (χ0v) is 17.8. The number of hydrogen-bond donors (Lipinski definition) is 1. The number of benzene rings is 2. The van der Waals surface area contributed by atoms with E-state index < -0.39 is 0 Å². The number of aliphatic hydroxyl groups excluding tert-OH is 1. The van der Waals surface area contributed by atoms with Crippen LogP contribution in [0, 0.1) is 0 Å². The number of anilines is 1. The standard InChI is InChI=1S/C23H25N3O3.ClH/c1-29-21-9-5-4-8-20(21)26-14-12-25(13-15-26)11-10-24-16-19-22(27)17-6-2-3-7-18(17)23(19)28;/h2-9,16,27H,10-15H2,1H3;1H. The van der Waals surface area contributed by atoms with Gasteiger partial charge in [-0.1, -0.05) is 36.4 Å². The lowest BCUT2D eigenvalue weighted by Crippen LogP contribution is -2.47. The highest BCUT2D eigenvalue weighted by Gasteiger charge is 2.27. The number of rotatable bonds is 6. The summed E-state index contributed by atoms with van der Waals surface area (Å²) in [5.74, 6) is 0.771. The van der Waals surface area contributed by atoms with Gasteiger partial charge in [-0.05, 0) is 12.1 Å². The molecule has 0 aromatic heterocycles. The normalized spacial score (nSPS) is 16.7. The minimum absolute atomic E-state index is 0. The molecule has 1 aliphatic heterocycles. The molecule has 7 heteroatoms. The molecule has 6 nitrogen and oxygen atoms in total. The Labute approximate surface area is 182 Å². The van der Waals surface area contributed by atoms with Crippen molar-refractivity contribution in [3.05, 3.63) is 65.2 Å². The Bertz CT molecular complexity index is 966. The minimum Gasteiger partial charge on any atom is -0.506 e. The molecule has 1 N–H and O–H groups in total. The number of carbonyl (C=O) groups is 1. The van der Waals surface area contributed by atoms with Crippen LogP contribution in [0.25, 0.3) is 5.76 Å². The fraction of sp³-hybridized carbons (Fsp3) is 0.304. The molecular weight excluding hydrogens is 402 g/mol. The second-order valence-corrected chi connectivity index (χ2v) is 7.17. The molecule has 0 radical (unpaired) electrons. The van der Waals surface area contributed by atoms with Crippen LogP contribution in [0.2, 0.25) is 0 Å². The monoisotopic (exact) mass is 427 g/mol. The summed E-state index contributed by atoms with van der Waals surface area (Å²) in [7, 11) is 1.70. The number of Topliss-reactive ketones (excluding diaryl/α,β-unsaturated/α-hetero) is 1. The van der Waals surface area contributed by atoms with Gasteiger partial charge in [0.05, 0.1) is 24.9 Å². The zero-order valence-electron chi connectivity index (χ0n) is 17.0. The highest BCUT2D eigenvalue weighted by Crippen LogP contribution is 2.30. The smallest absolute Gasteiger partial charge is 0.199 e. The third kappa shape index (κ3) is 4.35.